The lowest BCUT2D eigenvalue weighted by Gasteiger charge is -2.33. The summed E-state index contributed by atoms with van der Waals surface area (Å²) < 4.78 is 31.9. The van der Waals surface area contributed by atoms with E-state index < -0.39 is 10.0 Å². The summed E-state index contributed by atoms with van der Waals surface area (Å²) in [6, 6.07) is 15.8. The second-order valence-electron chi connectivity index (χ2n) is 6.15. The molecule has 3 rings (SSSR count). The van der Waals surface area contributed by atoms with Crippen LogP contribution in [-0.4, -0.2) is 56.8 Å². The Bertz CT molecular complexity index is 918. The third kappa shape index (κ3) is 4.56. The van der Waals surface area contributed by atoms with E-state index in [1.807, 2.05) is 24.3 Å². The number of carbonyl (C=O) groups is 1. The van der Waals surface area contributed by atoms with Crippen LogP contribution in [0.3, 0.4) is 0 Å². The second kappa shape index (κ2) is 8.37. The minimum absolute atomic E-state index is 0.130. The SMILES string of the molecule is COc1cccc(/C=C/C(=O)N2CCN(S(=O)(=O)c3ccccc3)CC2)c1. The Hall–Kier alpha value is -2.64. The van der Waals surface area contributed by atoms with Gasteiger partial charge in [0.2, 0.25) is 15.9 Å². The van der Waals surface area contributed by atoms with Gasteiger partial charge in [0, 0.05) is 32.3 Å². The first kappa shape index (κ1) is 19.1. The van der Waals surface area contributed by atoms with Gasteiger partial charge in [-0.1, -0.05) is 30.3 Å². The lowest BCUT2D eigenvalue weighted by atomic mass is 10.2. The van der Waals surface area contributed by atoms with Crippen LogP contribution in [0.5, 0.6) is 5.75 Å². The third-order valence-corrected chi connectivity index (χ3v) is 6.36. The molecule has 0 bridgehead atoms. The average Bonchev–Trinajstić information content (AvgIpc) is 2.73. The van der Waals surface area contributed by atoms with Gasteiger partial charge in [-0.25, -0.2) is 8.42 Å². The Morgan fingerprint density at radius 3 is 2.37 bits per heavy atom. The van der Waals surface area contributed by atoms with Gasteiger partial charge in [-0.15, -0.1) is 0 Å². The molecule has 0 aliphatic carbocycles. The molecule has 1 fully saturated rings. The number of hydrogen-bond acceptors (Lipinski definition) is 4. The number of piperazine rings is 1. The summed E-state index contributed by atoms with van der Waals surface area (Å²) >= 11 is 0. The zero-order chi connectivity index (χ0) is 19.3. The van der Waals surface area contributed by atoms with Crippen LogP contribution in [-0.2, 0) is 14.8 Å². The second-order valence-corrected chi connectivity index (χ2v) is 8.09. The molecular weight excluding hydrogens is 364 g/mol. The molecule has 6 nitrogen and oxygen atoms in total. The van der Waals surface area contributed by atoms with Gasteiger partial charge in [0.15, 0.2) is 0 Å². The molecule has 2 aromatic carbocycles. The minimum Gasteiger partial charge on any atom is -0.497 e. The molecule has 1 heterocycles. The van der Waals surface area contributed by atoms with Crippen molar-refractivity contribution in [1.29, 1.82) is 0 Å². The van der Waals surface area contributed by atoms with E-state index in [2.05, 4.69) is 0 Å². The number of nitrogens with zero attached hydrogens (tertiary/aromatic N) is 2. The number of amides is 1. The number of hydrogen-bond donors (Lipinski definition) is 0. The summed E-state index contributed by atoms with van der Waals surface area (Å²) in [6.07, 6.45) is 3.24. The molecule has 0 spiro atoms. The molecule has 1 aliphatic heterocycles. The summed E-state index contributed by atoms with van der Waals surface area (Å²) in [5, 5.41) is 0. The fourth-order valence-electron chi connectivity index (χ4n) is 2.91. The van der Waals surface area contributed by atoms with Gasteiger partial charge in [-0.3, -0.25) is 4.79 Å². The van der Waals surface area contributed by atoms with Crippen LogP contribution >= 0.6 is 0 Å². The summed E-state index contributed by atoms with van der Waals surface area (Å²) in [5.74, 6) is 0.596. The smallest absolute Gasteiger partial charge is 0.246 e. The highest BCUT2D eigenvalue weighted by Crippen LogP contribution is 2.18. The van der Waals surface area contributed by atoms with Crippen molar-refractivity contribution in [2.45, 2.75) is 4.90 Å². The molecule has 1 amide bonds. The molecule has 1 aliphatic rings. The van der Waals surface area contributed by atoms with Crippen LogP contribution < -0.4 is 4.74 Å². The van der Waals surface area contributed by atoms with Gasteiger partial charge in [0.25, 0.3) is 0 Å². The average molecular weight is 386 g/mol. The van der Waals surface area contributed by atoms with Gasteiger partial charge in [0.05, 0.1) is 12.0 Å². The van der Waals surface area contributed by atoms with Crippen LogP contribution in [0.4, 0.5) is 0 Å². The van der Waals surface area contributed by atoms with Gasteiger partial charge >= 0.3 is 0 Å². The van der Waals surface area contributed by atoms with Crippen molar-refractivity contribution in [3.63, 3.8) is 0 Å². The summed E-state index contributed by atoms with van der Waals surface area (Å²) in [4.78, 5) is 14.3. The Labute approximate surface area is 159 Å². The van der Waals surface area contributed by atoms with Crippen LogP contribution in [0.15, 0.2) is 65.6 Å². The Morgan fingerprint density at radius 1 is 1.00 bits per heavy atom. The quantitative estimate of drug-likeness (QED) is 0.739. The molecule has 7 heteroatoms. The lowest BCUT2D eigenvalue weighted by molar-refractivity contribution is -0.127. The fourth-order valence-corrected chi connectivity index (χ4v) is 4.35. The van der Waals surface area contributed by atoms with Crippen LogP contribution in [0.1, 0.15) is 5.56 Å². The summed E-state index contributed by atoms with van der Waals surface area (Å²) in [5.41, 5.74) is 0.869. The maximum Gasteiger partial charge on any atom is 0.246 e. The van der Waals surface area contributed by atoms with Gasteiger partial charge < -0.3 is 9.64 Å². The highest BCUT2D eigenvalue weighted by atomic mass is 32.2. The van der Waals surface area contributed by atoms with Crippen LogP contribution in [0.25, 0.3) is 6.08 Å². The van der Waals surface area contributed by atoms with E-state index >= 15 is 0 Å². The first-order valence-electron chi connectivity index (χ1n) is 8.67. The Kier molecular flexibility index (Phi) is 5.93. The molecule has 0 saturated carbocycles. The standard InChI is InChI=1S/C20H22N2O4S/c1-26-18-7-5-6-17(16-18)10-11-20(23)21-12-14-22(15-13-21)27(24,25)19-8-3-2-4-9-19/h2-11,16H,12-15H2,1H3/b11-10+. The number of rotatable bonds is 5. The largest absolute Gasteiger partial charge is 0.497 e. The van der Waals surface area contributed by atoms with E-state index in [1.165, 1.54) is 10.4 Å². The zero-order valence-electron chi connectivity index (χ0n) is 15.1. The first-order chi connectivity index (χ1) is 13.0. The number of ether oxygens (including phenoxy) is 1. The van der Waals surface area contributed by atoms with E-state index in [1.54, 1.807) is 48.4 Å². The van der Waals surface area contributed by atoms with Crippen molar-refractivity contribution in [2.24, 2.45) is 0 Å². The number of carbonyl (C=O) groups excluding carboxylic acids is 1. The van der Waals surface area contributed by atoms with E-state index in [9.17, 15) is 13.2 Å². The monoisotopic (exact) mass is 386 g/mol. The molecule has 27 heavy (non-hydrogen) atoms. The maximum absolute atomic E-state index is 12.6. The molecule has 0 radical (unpaired) electrons. The van der Waals surface area contributed by atoms with Crippen molar-refractivity contribution >= 4 is 22.0 Å². The first-order valence-corrected chi connectivity index (χ1v) is 10.1. The number of sulfonamides is 1. The van der Waals surface area contributed by atoms with Crippen molar-refractivity contribution in [1.82, 2.24) is 9.21 Å². The lowest BCUT2D eigenvalue weighted by Crippen LogP contribution is -2.50. The van der Waals surface area contributed by atoms with Crippen molar-refractivity contribution in [3.8, 4) is 5.75 Å². The Balaban J connectivity index is 1.60. The third-order valence-electron chi connectivity index (χ3n) is 4.44. The van der Waals surface area contributed by atoms with E-state index in [0.717, 1.165) is 11.3 Å². The van der Waals surface area contributed by atoms with Gasteiger partial charge in [-0.2, -0.15) is 4.31 Å². The normalized spacial score (nSPS) is 15.8. The predicted octanol–water partition coefficient (Wildman–Crippen LogP) is 2.24. The van der Waals surface area contributed by atoms with Crippen LogP contribution in [0.2, 0.25) is 0 Å². The topological polar surface area (TPSA) is 66.9 Å². The van der Waals surface area contributed by atoms with Crippen LogP contribution in [0, 0.1) is 0 Å². The van der Waals surface area contributed by atoms with E-state index in [4.69, 9.17) is 4.74 Å². The highest BCUT2D eigenvalue weighted by molar-refractivity contribution is 7.89. The predicted molar refractivity (Wildman–Crippen MR) is 104 cm³/mol. The molecular formula is C20H22N2O4S. The molecule has 1 saturated heterocycles. The Morgan fingerprint density at radius 2 is 1.70 bits per heavy atom. The molecule has 0 aromatic heterocycles. The number of benzene rings is 2. The fraction of sp³-hybridized carbons (Fsp3) is 0.250. The number of methoxy groups -OCH3 is 1. The zero-order valence-corrected chi connectivity index (χ0v) is 15.9. The molecule has 142 valence electrons. The molecule has 0 atom stereocenters. The maximum atomic E-state index is 12.6. The van der Waals surface area contributed by atoms with Crippen molar-refractivity contribution in [3.05, 3.63) is 66.2 Å². The highest BCUT2D eigenvalue weighted by Gasteiger charge is 2.29. The summed E-state index contributed by atoms with van der Waals surface area (Å²) in [7, 11) is -1.92. The molecule has 2 aromatic rings. The molecule has 0 unspecified atom stereocenters. The summed E-state index contributed by atoms with van der Waals surface area (Å²) in [6.45, 7) is 1.31. The van der Waals surface area contributed by atoms with Gasteiger partial charge in [-0.05, 0) is 35.9 Å². The van der Waals surface area contributed by atoms with Crippen molar-refractivity contribution < 1.29 is 17.9 Å². The van der Waals surface area contributed by atoms with Gasteiger partial charge in [0.1, 0.15) is 5.75 Å². The van der Waals surface area contributed by atoms with E-state index in [0.29, 0.717) is 13.1 Å². The van der Waals surface area contributed by atoms with Crippen molar-refractivity contribution in [2.75, 3.05) is 33.3 Å². The van der Waals surface area contributed by atoms with E-state index in [-0.39, 0.29) is 23.9 Å². The molecule has 0 N–H and O–H groups in total. The minimum atomic E-state index is -3.51.